The molecule has 0 N–H and O–H groups in total. The van der Waals surface area contributed by atoms with Crippen LogP contribution in [0.3, 0.4) is 0 Å². The Kier molecular flexibility index (Phi) is 10.4. The largest absolute Gasteiger partial charge is 0.493 e. The summed E-state index contributed by atoms with van der Waals surface area (Å²) in [4.78, 5) is 25.6. The molecule has 27 heavy (non-hydrogen) atoms. The Morgan fingerprint density at radius 3 is 2.22 bits per heavy atom. The van der Waals surface area contributed by atoms with Crippen LogP contribution in [0.25, 0.3) is 0 Å². The van der Waals surface area contributed by atoms with Gasteiger partial charge in [-0.1, -0.05) is 62.4 Å². The summed E-state index contributed by atoms with van der Waals surface area (Å²) in [5.41, 5.74) is -1.30. The molecule has 0 radical (unpaired) electrons. The van der Waals surface area contributed by atoms with Crippen molar-refractivity contribution in [2.45, 2.75) is 65.7 Å². The average Bonchev–Trinajstić information content (AvgIpc) is 2.67. The molecular formula is C21H31BrO5. The van der Waals surface area contributed by atoms with Gasteiger partial charge in [0.1, 0.15) is 0 Å². The molecule has 0 heterocycles. The molecule has 0 unspecified atom stereocenters. The predicted octanol–water partition coefficient (Wildman–Crippen LogP) is 5.68. The highest BCUT2D eigenvalue weighted by Gasteiger charge is 2.46. The van der Waals surface area contributed by atoms with Gasteiger partial charge in [0.25, 0.3) is 0 Å². The molecule has 0 saturated carbocycles. The first-order valence-corrected chi connectivity index (χ1v) is 10.5. The van der Waals surface area contributed by atoms with Gasteiger partial charge in [0.2, 0.25) is 0 Å². The van der Waals surface area contributed by atoms with E-state index in [1.807, 2.05) is 0 Å². The zero-order valence-corrected chi connectivity index (χ0v) is 18.4. The van der Waals surface area contributed by atoms with Crippen molar-refractivity contribution < 1.29 is 23.8 Å². The van der Waals surface area contributed by atoms with Crippen molar-refractivity contribution in [1.29, 1.82) is 0 Å². The number of halogens is 1. The molecule has 0 aliphatic rings. The molecule has 6 heteroatoms. The number of benzene rings is 1. The zero-order chi connectivity index (χ0) is 20.3. The smallest absolute Gasteiger partial charge is 0.328 e. The summed E-state index contributed by atoms with van der Waals surface area (Å²) in [6, 6.07) is 5.09. The lowest BCUT2D eigenvalue weighted by Crippen LogP contribution is -2.42. The molecule has 0 fully saturated rings. The van der Waals surface area contributed by atoms with Gasteiger partial charge in [0, 0.05) is 4.47 Å². The fourth-order valence-electron chi connectivity index (χ4n) is 2.84. The van der Waals surface area contributed by atoms with Gasteiger partial charge in [-0.05, 0) is 37.5 Å². The molecule has 0 amide bonds. The van der Waals surface area contributed by atoms with Crippen LogP contribution in [0.15, 0.2) is 22.7 Å². The van der Waals surface area contributed by atoms with Crippen LogP contribution < -0.4 is 9.47 Å². The van der Waals surface area contributed by atoms with Crippen LogP contribution in [0.5, 0.6) is 11.5 Å². The Hall–Kier alpha value is -1.56. The predicted molar refractivity (Wildman–Crippen MR) is 109 cm³/mol. The number of methoxy groups -OCH3 is 1. The number of esters is 2. The van der Waals surface area contributed by atoms with Gasteiger partial charge in [-0.15, -0.1) is 0 Å². The Labute approximate surface area is 170 Å². The molecule has 1 aromatic rings. The SMILES string of the molecule is CCCCCCCOC(=O)C(CC)(CC)C(=O)Oc1ccc(Br)cc1OC. The van der Waals surface area contributed by atoms with E-state index < -0.39 is 17.4 Å². The molecule has 0 aromatic heterocycles. The summed E-state index contributed by atoms with van der Waals surface area (Å²) in [6.07, 6.45) is 5.94. The van der Waals surface area contributed by atoms with E-state index in [1.54, 1.807) is 32.0 Å². The number of carbonyl (C=O) groups excluding carboxylic acids is 2. The Morgan fingerprint density at radius 2 is 1.63 bits per heavy atom. The number of hydrogen-bond donors (Lipinski definition) is 0. The summed E-state index contributed by atoms with van der Waals surface area (Å²) >= 11 is 3.35. The van der Waals surface area contributed by atoms with Crippen molar-refractivity contribution in [3.05, 3.63) is 22.7 Å². The molecule has 0 saturated heterocycles. The van der Waals surface area contributed by atoms with Crippen LogP contribution in [0.1, 0.15) is 65.7 Å². The molecule has 5 nitrogen and oxygen atoms in total. The van der Waals surface area contributed by atoms with Gasteiger partial charge >= 0.3 is 11.9 Å². The van der Waals surface area contributed by atoms with Gasteiger partial charge in [0.05, 0.1) is 13.7 Å². The number of hydrogen-bond acceptors (Lipinski definition) is 5. The Balaban J connectivity index is 2.79. The van der Waals surface area contributed by atoms with E-state index in [0.29, 0.717) is 25.2 Å². The van der Waals surface area contributed by atoms with Crippen LogP contribution in [-0.4, -0.2) is 25.7 Å². The highest BCUT2D eigenvalue weighted by molar-refractivity contribution is 9.10. The maximum atomic E-state index is 12.9. The molecule has 0 aliphatic heterocycles. The fraction of sp³-hybridized carbons (Fsp3) is 0.619. The molecule has 0 spiro atoms. The summed E-state index contributed by atoms with van der Waals surface area (Å²) in [7, 11) is 1.50. The van der Waals surface area contributed by atoms with Crippen LogP contribution in [0, 0.1) is 5.41 Å². The second-order valence-electron chi connectivity index (χ2n) is 6.52. The standard InChI is InChI=1S/C21H31BrO5/c1-5-8-9-10-11-14-26-19(23)21(6-2,7-3)20(24)27-17-13-12-16(22)15-18(17)25-4/h12-13,15H,5-11,14H2,1-4H3. The first-order valence-electron chi connectivity index (χ1n) is 9.68. The minimum absolute atomic E-state index is 0.282. The number of ether oxygens (including phenoxy) is 3. The molecule has 152 valence electrons. The summed E-state index contributed by atoms with van der Waals surface area (Å²) in [5.74, 6) is -0.416. The summed E-state index contributed by atoms with van der Waals surface area (Å²) in [6.45, 7) is 6.08. The van der Waals surface area contributed by atoms with Gasteiger partial charge in [-0.25, -0.2) is 0 Å². The zero-order valence-electron chi connectivity index (χ0n) is 16.8. The fourth-order valence-corrected chi connectivity index (χ4v) is 3.18. The van der Waals surface area contributed by atoms with E-state index in [9.17, 15) is 9.59 Å². The lowest BCUT2D eigenvalue weighted by Gasteiger charge is -2.27. The quantitative estimate of drug-likeness (QED) is 0.180. The van der Waals surface area contributed by atoms with Crippen molar-refractivity contribution in [2.75, 3.05) is 13.7 Å². The lowest BCUT2D eigenvalue weighted by molar-refractivity contribution is -0.168. The molecular weight excluding hydrogens is 412 g/mol. The first-order chi connectivity index (χ1) is 12.9. The molecule has 0 atom stereocenters. The van der Waals surface area contributed by atoms with Crippen LogP contribution >= 0.6 is 15.9 Å². The van der Waals surface area contributed by atoms with Crippen molar-refractivity contribution >= 4 is 27.9 Å². The van der Waals surface area contributed by atoms with E-state index in [4.69, 9.17) is 14.2 Å². The topological polar surface area (TPSA) is 61.8 Å². The van der Waals surface area contributed by atoms with E-state index in [1.165, 1.54) is 20.0 Å². The van der Waals surface area contributed by atoms with E-state index in [-0.39, 0.29) is 5.75 Å². The van der Waals surface area contributed by atoms with Crippen molar-refractivity contribution in [1.82, 2.24) is 0 Å². The summed E-state index contributed by atoms with van der Waals surface area (Å²) < 4.78 is 17.0. The maximum Gasteiger partial charge on any atom is 0.328 e. The van der Waals surface area contributed by atoms with Gasteiger partial charge in [0.15, 0.2) is 16.9 Å². The second kappa shape index (κ2) is 12.0. The van der Waals surface area contributed by atoms with Crippen molar-refractivity contribution in [3.63, 3.8) is 0 Å². The first kappa shape index (κ1) is 23.5. The third kappa shape index (κ3) is 6.52. The minimum Gasteiger partial charge on any atom is -0.493 e. The second-order valence-corrected chi connectivity index (χ2v) is 7.44. The molecule has 0 bridgehead atoms. The van der Waals surface area contributed by atoms with E-state index in [2.05, 4.69) is 22.9 Å². The maximum absolute atomic E-state index is 12.9. The van der Waals surface area contributed by atoms with Crippen molar-refractivity contribution in [3.8, 4) is 11.5 Å². The van der Waals surface area contributed by atoms with Crippen LogP contribution in [-0.2, 0) is 14.3 Å². The van der Waals surface area contributed by atoms with E-state index >= 15 is 0 Å². The number of carbonyl (C=O) groups is 2. The molecule has 1 aromatic carbocycles. The van der Waals surface area contributed by atoms with Crippen molar-refractivity contribution in [2.24, 2.45) is 5.41 Å². The third-order valence-electron chi connectivity index (χ3n) is 4.80. The number of unbranched alkanes of at least 4 members (excludes halogenated alkanes) is 4. The molecule has 0 aliphatic carbocycles. The average molecular weight is 443 g/mol. The van der Waals surface area contributed by atoms with Gasteiger partial charge in [-0.2, -0.15) is 0 Å². The third-order valence-corrected chi connectivity index (χ3v) is 5.29. The highest BCUT2D eigenvalue weighted by Crippen LogP contribution is 2.35. The lowest BCUT2D eigenvalue weighted by atomic mass is 9.82. The van der Waals surface area contributed by atoms with Gasteiger partial charge < -0.3 is 14.2 Å². The molecule has 1 rings (SSSR count). The number of rotatable bonds is 12. The van der Waals surface area contributed by atoms with E-state index in [0.717, 1.165) is 23.7 Å². The Bertz CT molecular complexity index is 611. The summed E-state index contributed by atoms with van der Waals surface area (Å²) in [5, 5.41) is 0. The van der Waals surface area contributed by atoms with Crippen LogP contribution in [0.4, 0.5) is 0 Å². The monoisotopic (exact) mass is 442 g/mol. The van der Waals surface area contributed by atoms with Gasteiger partial charge in [-0.3, -0.25) is 9.59 Å². The normalized spacial score (nSPS) is 11.1. The highest BCUT2D eigenvalue weighted by atomic mass is 79.9. The Morgan fingerprint density at radius 1 is 0.963 bits per heavy atom. The van der Waals surface area contributed by atoms with Crippen LogP contribution in [0.2, 0.25) is 0 Å². The minimum atomic E-state index is -1.30.